The molecule has 4 rings (SSSR count). The minimum absolute atomic E-state index is 0.0906. The highest BCUT2D eigenvalue weighted by Gasteiger charge is 2.33. The number of aromatic nitrogens is 2. The Balaban J connectivity index is 1.80. The Labute approximate surface area is 171 Å². The van der Waals surface area contributed by atoms with Crippen molar-refractivity contribution in [3.05, 3.63) is 39.7 Å². The van der Waals surface area contributed by atoms with E-state index in [4.69, 9.17) is 9.47 Å². The van der Waals surface area contributed by atoms with Gasteiger partial charge in [-0.25, -0.2) is 0 Å². The lowest BCUT2D eigenvalue weighted by molar-refractivity contribution is -0.113. The van der Waals surface area contributed by atoms with Crippen molar-refractivity contribution < 1.29 is 14.3 Å². The van der Waals surface area contributed by atoms with Crippen LogP contribution in [-0.4, -0.2) is 47.2 Å². The third-order valence-corrected chi connectivity index (χ3v) is 7.45. The molecule has 1 atom stereocenters. The standard InChI is InChI=1S/C19H23N3O4S2/c1-25-13-4-3-11(9-14(13)26-2)17-16-18(20-15(23)10-28-17)22(21-19(16)24)12-5-7-27-8-6-12/h3-4,9,12,17H,5-8,10H2,1-2H3,(H,20,23)(H,21,24)/t17-/m1/s1. The Kier molecular flexibility index (Phi) is 5.63. The lowest BCUT2D eigenvalue weighted by atomic mass is 10.0. The quantitative estimate of drug-likeness (QED) is 0.789. The maximum absolute atomic E-state index is 12.9. The molecule has 0 bridgehead atoms. The molecular formula is C19H23N3O4S2. The number of hydrogen-bond donors (Lipinski definition) is 2. The number of carbonyl (C=O) groups is 1. The van der Waals surface area contributed by atoms with Gasteiger partial charge in [0.15, 0.2) is 11.5 Å². The number of ether oxygens (including phenoxy) is 2. The normalized spacial score (nSPS) is 20.2. The summed E-state index contributed by atoms with van der Waals surface area (Å²) in [6, 6.07) is 5.83. The molecule has 0 spiro atoms. The first-order valence-corrected chi connectivity index (χ1v) is 11.4. The van der Waals surface area contributed by atoms with Gasteiger partial charge in [-0.05, 0) is 42.0 Å². The van der Waals surface area contributed by atoms with Crippen LogP contribution in [-0.2, 0) is 4.79 Å². The number of methoxy groups -OCH3 is 2. The predicted molar refractivity (Wildman–Crippen MR) is 113 cm³/mol. The minimum atomic E-state index is -0.267. The molecule has 1 fully saturated rings. The summed E-state index contributed by atoms with van der Waals surface area (Å²) in [4.78, 5) is 25.3. The molecule has 0 aliphatic carbocycles. The summed E-state index contributed by atoms with van der Waals surface area (Å²) in [5.41, 5.74) is 1.35. The highest BCUT2D eigenvalue weighted by molar-refractivity contribution is 8.00. The number of H-pyrrole nitrogens is 1. The molecule has 28 heavy (non-hydrogen) atoms. The van der Waals surface area contributed by atoms with Crippen LogP contribution in [0, 0.1) is 0 Å². The van der Waals surface area contributed by atoms with E-state index in [1.807, 2.05) is 34.6 Å². The number of rotatable bonds is 4. The fraction of sp³-hybridized carbons (Fsp3) is 0.474. The van der Waals surface area contributed by atoms with Crippen molar-refractivity contribution in [2.75, 3.05) is 36.8 Å². The number of amides is 1. The number of aromatic amines is 1. The van der Waals surface area contributed by atoms with Gasteiger partial charge in [-0.15, -0.1) is 11.8 Å². The topological polar surface area (TPSA) is 85.4 Å². The molecule has 0 radical (unpaired) electrons. The van der Waals surface area contributed by atoms with E-state index in [1.54, 1.807) is 14.2 Å². The van der Waals surface area contributed by atoms with E-state index in [0.717, 1.165) is 29.9 Å². The van der Waals surface area contributed by atoms with E-state index in [9.17, 15) is 9.59 Å². The molecule has 7 nitrogen and oxygen atoms in total. The second kappa shape index (κ2) is 8.16. The molecule has 1 aromatic carbocycles. The lowest BCUT2D eigenvalue weighted by Gasteiger charge is -2.24. The first kappa shape index (κ1) is 19.3. The molecule has 2 aromatic rings. The smallest absolute Gasteiger partial charge is 0.270 e. The molecule has 1 amide bonds. The third kappa shape index (κ3) is 3.53. The average Bonchev–Trinajstić information content (AvgIpc) is 2.93. The van der Waals surface area contributed by atoms with Crippen molar-refractivity contribution in [2.24, 2.45) is 0 Å². The summed E-state index contributed by atoms with van der Waals surface area (Å²) < 4.78 is 12.6. The van der Waals surface area contributed by atoms with Gasteiger partial charge in [-0.1, -0.05) is 6.07 Å². The summed E-state index contributed by atoms with van der Waals surface area (Å²) in [5.74, 6) is 4.15. The van der Waals surface area contributed by atoms with Crippen LogP contribution in [0.4, 0.5) is 5.82 Å². The lowest BCUT2D eigenvalue weighted by Crippen LogP contribution is -2.22. The van der Waals surface area contributed by atoms with Crippen LogP contribution in [0.3, 0.4) is 0 Å². The zero-order valence-corrected chi connectivity index (χ0v) is 17.5. The predicted octanol–water partition coefficient (Wildman–Crippen LogP) is 3.04. The van der Waals surface area contributed by atoms with Gasteiger partial charge in [0.1, 0.15) is 5.82 Å². The number of carbonyl (C=O) groups excluding carboxylic acids is 1. The van der Waals surface area contributed by atoms with Crippen LogP contribution >= 0.6 is 23.5 Å². The van der Waals surface area contributed by atoms with Gasteiger partial charge >= 0.3 is 0 Å². The van der Waals surface area contributed by atoms with Crippen molar-refractivity contribution in [2.45, 2.75) is 24.1 Å². The van der Waals surface area contributed by atoms with Crippen LogP contribution in [0.2, 0.25) is 0 Å². The van der Waals surface area contributed by atoms with Crippen LogP contribution in [0.5, 0.6) is 11.5 Å². The van der Waals surface area contributed by atoms with Gasteiger partial charge in [0, 0.05) is 0 Å². The van der Waals surface area contributed by atoms with Crippen LogP contribution in [0.25, 0.3) is 0 Å². The summed E-state index contributed by atoms with van der Waals surface area (Å²) in [5, 5.41) is 5.69. The molecule has 3 heterocycles. The van der Waals surface area contributed by atoms with E-state index < -0.39 is 0 Å². The number of anilines is 1. The van der Waals surface area contributed by atoms with Crippen molar-refractivity contribution in [1.29, 1.82) is 0 Å². The van der Waals surface area contributed by atoms with Crippen LogP contribution in [0.15, 0.2) is 23.0 Å². The minimum Gasteiger partial charge on any atom is -0.493 e. The van der Waals surface area contributed by atoms with E-state index in [0.29, 0.717) is 22.9 Å². The maximum Gasteiger partial charge on any atom is 0.270 e. The molecular weight excluding hydrogens is 398 g/mol. The number of nitrogens with zero attached hydrogens (tertiary/aromatic N) is 1. The summed E-state index contributed by atoms with van der Waals surface area (Å²) in [6.07, 6.45) is 1.96. The Morgan fingerprint density at radius 1 is 1.11 bits per heavy atom. The molecule has 1 saturated heterocycles. The van der Waals surface area contributed by atoms with Crippen molar-refractivity contribution in [1.82, 2.24) is 9.78 Å². The second-order valence-electron chi connectivity index (χ2n) is 6.77. The first-order chi connectivity index (χ1) is 13.6. The number of hydrogen-bond acceptors (Lipinski definition) is 6. The Bertz CT molecular complexity index is 934. The Morgan fingerprint density at radius 2 is 1.86 bits per heavy atom. The highest BCUT2D eigenvalue weighted by Crippen LogP contribution is 2.43. The Morgan fingerprint density at radius 3 is 2.57 bits per heavy atom. The monoisotopic (exact) mass is 421 g/mol. The second-order valence-corrected chi connectivity index (χ2v) is 9.09. The molecule has 150 valence electrons. The molecule has 1 aromatic heterocycles. The van der Waals surface area contributed by atoms with Gasteiger partial charge in [0.2, 0.25) is 5.91 Å². The van der Waals surface area contributed by atoms with Crippen molar-refractivity contribution in [3.8, 4) is 11.5 Å². The fourth-order valence-electron chi connectivity index (χ4n) is 3.74. The van der Waals surface area contributed by atoms with Gasteiger partial charge in [-0.2, -0.15) is 11.8 Å². The Hall–Kier alpha value is -2.00. The van der Waals surface area contributed by atoms with E-state index in [-0.39, 0.29) is 28.5 Å². The van der Waals surface area contributed by atoms with Gasteiger partial charge in [0.05, 0.1) is 36.8 Å². The molecule has 2 aliphatic rings. The first-order valence-electron chi connectivity index (χ1n) is 9.18. The fourth-order valence-corrected chi connectivity index (χ4v) is 5.94. The van der Waals surface area contributed by atoms with Gasteiger partial charge < -0.3 is 14.8 Å². The maximum atomic E-state index is 12.9. The molecule has 0 saturated carbocycles. The van der Waals surface area contributed by atoms with Crippen LogP contribution < -0.4 is 20.3 Å². The molecule has 2 N–H and O–H groups in total. The average molecular weight is 422 g/mol. The summed E-state index contributed by atoms with van der Waals surface area (Å²) in [7, 11) is 3.18. The zero-order chi connectivity index (χ0) is 19.7. The largest absolute Gasteiger partial charge is 0.493 e. The summed E-state index contributed by atoms with van der Waals surface area (Å²) in [6.45, 7) is 0. The van der Waals surface area contributed by atoms with Crippen LogP contribution in [0.1, 0.15) is 35.3 Å². The van der Waals surface area contributed by atoms with E-state index >= 15 is 0 Å². The molecule has 0 unspecified atom stereocenters. The van der Waals surface area contributed by atoms with E-state index in [2.05, 4.69) is 10.4 Å². The summed E-state index contributed by atoms with van der Waals surface area (Å²) >= 11 is 3.37. The van der Waals surface area contributed by atoms with E-state index in [1.165, 1.54) is 11.8 Å². The third-order valence-electron chi connectivity index (χ3n) is 5.13. The molecule has 2 aliphatic heterocycles. The van der Waals surface area contributed by atoms with Gasteiger partial charge in [0.25, 0.3) is 5.56 Å². The highest BCUT2D eigenvalue weighted by atomic mass is 32.2. The van der Waals surface area contributed by atoms with Crippen molar-refractivity contribution >= 4 is 35.2 Å². The number of fused-ring (bicyclic) bond motifs is 1. The SMILES string of the molecule is COc1ccc([C@H]2SCC(=O)Nc3c2c(=O)[nH]n3C2CCSCC2)cc1OC. The van der Waals surface area contributed by atoms with Gasteiger partial charge in [-0.3, -0.25) is 19.4 Å². The van der Waals surface area contributed by atoms with Crippen molar-refractivity contribution in [3.63, 3.8) is 0 Å². The number of benzene rings is 1. The molecule has 9 heteroatoms. The number of nitrogens with one attached hydrogen (secondary N) is 2. The zero-order valence-electron chi connectivity index (χ0n) is 15.8. The number of thioether (sulfide) groups is 2.